The highest BCUT2D eigenvalue weighted by atomic mass is 16.5. The molecule has 4 heteroatoms. The molecule has 1 heterocycles. The molecule has 4 nitrogen and oxygen atoms in total. The number of rotatable bonds is 6. The van der Waals surface area contributed by atoms with Gasteiger partial charge in [-0.05, 0) is 73.7 Å². The summed E-state index contributed by atoms with van der Waals surface area (Å²) in [5, 5.41) is 15.2. The molecular formula is C21H27NO3. The predicted molar refractivity (Wildman–Crippen MR) is 99.2 cm³/mol. The topological polar surface area (TPSA) is 50.7 Å². The van der Waals surface area contributed by atoms with Crippen LogP contribution >= 0.6 is 0 Å². The second kappa shape index (κ2) is 7.89. The summed E-state index contributed by atoms with van der Waals surface area (Å²) >= 11 is 0. The number of benzene rings is 2. The summed E-state index contributed by atoms with van der Waals surface area (Å²) in [6.07, 6.45) is 2.85. The standard InChI is InChI=1S/C21H27NO3/c1-24-19-7-3-5-17(13-19)21(23,15-16-9-11-22-12-10-16)18-6-4-8-20(14-18)25-2/h3-8,13-14,16,22-23H,9-12,15H2,1-2H3. The Morgan fingerprint density at radius 3 is 1.96 bits per heavy atom. The molecule has 0 unspecified atom stereocenters. The van der Waals surface area contributed by atoms with Crippen LogP contribution in [0.2, 0.25) is 0 Å². The Labute approximate surface area is 149 Å². The molecule has 1 fully saturated rings. The fourth-order valence-corrected chi connectivity index (χ4v) is 3.67. The summed E-state index contributed by atoms with van der Waals surface area (Å²) in [5.41, 5.74) is 0.655. The fourth-order valence-electron chi connectivity index (χ4n) is 3.67. The van der Waals surface area contributed by atoms with Crippen LogP contribution in [-0.2, 0) is 5.60 Å². The first-order valence-electron chi connectivity index (χ1n) is 8.88. The molecule has 0 amide bonds. The zero-order chi connectivity index (χ0) is 17.7. The van der Waals surface area contributed by atoms with Gasteiger partial charge >= 0.3 is 0 Å². The molecule has 1 aliphatic heterocycles. The van der Waals surface area contributed by atoms with Gasteiger partial charge in [0.1, 0.15) is 17.1 Å². The molecule has 2 N–H and O–H groups in total. The lowest BCUT2D eigenvalue weighted by atomic mass is 9.77. The van der Waals surface area contributed by atoms with Gasteiger partial charge in [-0.2, -0.15) is 0 Å². The van der Waals surface area contributed by atoms with Crippen LogP contribution in [0.15, 0.2) is 48.5 Å². The van der Waals surface area contributed by atoms with E-state index in [9.17, 15) is 5.11 Å². The molecule has 0 aliphatic carbocycles. The van der Waals surface area contributed by atoms with E-state index in [4.69, 9.17) is 9.47 Å². The lowest BCUT2D eigenvalue weighted by Crippen LogP contribution is -2.35. The van der Waals surface area contributed by atoms with Crippen LogP contribution in [0.1, 0.15) is 30.4 Å². The summed E-state index contributed by atoms with van der Waals surface area (Å²) in [5.74, 6) is 1.98. The third kappa shape index (κ3) is 3.97. The first kappa shape index (κ1) is 17.8. The minimum atomic E-state index is -1.06. The molecule has 0 aromatic heterocycles. The number of nitrogens with one attached hydrogen (secondary N) is 1. The van der Waals surface area contributed by atoms with E-state index in [0.29, 0.717) is 12.3 Å². The zero-order valence-corrected chi connectivity index (χ0v) is 15.0. The Bertz CT molecular complexity index is 648. The van der Waals surface area contributed by atoms with E-state index < -0.39 is 5.60 Å². The molecular weight excluding hydrogens is 314 g/mol. The maximum atomic E-state index is 11.8. The summed E-state index contributed by atoms with van der Waals surface area (Å²) in [7, 11) is 3.30. The molecule has 1 saturated heterocycles. The highest BCUT2D eigenvalue weighted by Crippen LogP contribution is 2.40. The van der Waals surface area contributed by atoms with Gasteiger partial charge in [0.25, 0.3) is 0 Å². The van der Waals surface area contributed by atoms with E-state index >= 15 is 0 Å². The zero-order valence-electron chi connectivity index (χ0n) is 15.0. The van der Waals surface area contributed by atoms with Crippen LogP contribution in [0.25, 0.3) is 0 Å². The van der Waals surface area contributed by atoms with Crippen LogP contribution in [0.3, 0.4) is 0 Å². The van der Waals surface area contributed by atoms with E-state index in [-0.39, 0.29) is 0 Å². The van der Waals surface area contributed by atoms with Gasteiger partial charge in [-0.25, -0.2) is 0 Å². The Morgan fingerprint density at radius 1 is 0.960 bits per heavy atom. The van der Waals surface area contributed by atoms with Crippen molar-refractivity contribution in [3.63, 3.8) is 0 Å². The molecule has 2 aromatic carbocycles. The van der Waals surface area contributed by atoms with E-state index in [1.54, 1.807) is 14.2 Å². The smallest absolute Gasteiger partial charge is 0.119 e. The normalized spacial score (nSPS) is 15.8. The number of aliphatic hydroxyl groups is 1. The average Bonchev–Trinajstić information content (AvgIpc) is 2.68. The van der Waals surface area contributed by atoms with Gasteiger partial charge in [-0.15, -0.1) is 0 Å². The van der Waals surface area contributed by atoms with Gasteiger partial charge in [0, 0.05) is 0 Å². The van der Waals surface area contributed by atoms with Crippen LogP contribution < -0.4 is 14.8 Å². The van der Waals surface area contributed by atoms with E-state index in [1.807, 2.05) is 48.5 Å². The third-order valence-corrected chi connectivity index (χ3v) is 5.14. The van der Waals surface area contributed by atoms with Crippen molar-refractivity contribution in [2.24, 2.45) is 5.92 Å². The summed E-state index contributed by atoms with van der Waals surface area (Å²) in [6.45, 7) is 2.02. The number of piperidine rings is 1. The van der Waals surface area contributed by atoms with E-state index in [0.717, 1.165) is 48.6 Å². The maximum absolute atomic E-state index is 11.8. The molecule has 2 aromatic rings. The second-order valence-electron chi connectivity index (χ2n) is 6.72. The molecule has 0 bridgehead atoms. The highest BCUT2D eigenvalue weighted by molar-refractivity contribution is 5.42. The lowest BCUT2D eigenvalue weighted by Gasteiger charge is -2.35. The quantitative estimate of drug-likeness (QED) is 0.846. The molecule has 0 radical (unpaired) electrons. The number of ether oxygens (including phenoxy) is 2. The molecule has 0 spiro atoms. The molecule has 1 aliphatic rings. The van der Waals surface area contributed by atoms with Gasteiger partial charge in [-0.3, -0.25) is 0 Å². The lowest BCUT2D eigenvalue weighted by molar-refractivity contribution is 0.0461. The second-order valence-corrected chi connectivity index (χ2v) is 6.72. The number of methoxy groups -OCH3 is 2. The Kier molecular flexibility index (Phi) is 5.61. The Morgan fingerprint density at radius 2 is 1.48 bits per heavy atom. The molecule has 134 valence electrons. The van der Waals surface area contributed by atoms with Crippen molar-refractivity contribution >= 4 is 0 Å². The van der Waals surface area contributed by atoms with Crippen molar-refractivity contribution in [1.29, 1.82) is 0 Å². The average molecular weight is 341 g/mol. The van der Waals surface area contributed by atoms with E-state index in [1.165, 1.54) is 0 Å². The van der Waals surface area contributed by atoms with Crippen molar-refractivity contribution in [2.45, 2.75) is 24.9 Å². The van der Waals surface area contributed by atoms with Crippen molar-refractivity contribution < 1.29 is 14.6 Å². The van der Waals surface area contributed by atoms with Gasteiger partial charge in [0.05, 0.1) is 14.2 Å². The largest absolute Gasteiger partial charge is 0.497 e. The van der Waals surface area contributed by atoms with E-state index in [2.05, 4.69) is 5.32 Å². The van der Waals surface area contributed by atoms with Crippen molar-refractivity contribution in [3.05, 3.63) is 59.7 Å². The van der Waals surface area contributed by atoms with Crippen LogP contribution in [-0.4, -0.2) is 32.4 Å². The number of hydrogen-bond donors (Lipinski definition) is 2. The Balaban J connectivity index is 2.02. The van der Waals surface area contributed by atoms with Crippen LogP contribution in [0, 0.1) is 5.92 Å². The highest BCUT2D eigenvalue weighted by Gasteiger charge is 2.35. The van der Waals surface area contributed by atoms with Gasteiger partial charge in [0.15, 0.2) is 0 Å². The molecule has 3 rings (SSSR count). The Hall–Kier alpha value is -2.04. The first-order valence-corrected chi connectivity index (χ1v) is 8.88. The maximum Gasteiger partial charge on any atom is 0.119 e. The van der Waals surface area contributed by atoms with Crippen LogP contribution in [0.5, 0.6) is 11.5 Å². The fraction of sp³-hybridized carbons (Fsp3) is 0.429. The SMILES string of the molecule is COc1cccc(C(O)(CC2CCNCC2)c2cccc(OC)c2)c1. The minimum Gasteiger partial charge on any atom is -0.497 e. The van der Waals surface area contributed by atoms with Crippen LogP contribution in [0.4, 0.5) is 0 Å². The summed E-state index contributed by atoms with van der Waals surface area (Å²) in [4.78, 5) is 0. The van der Waals surface area contributed by atoms with Crippen molar-refractivity contribution in [3.8, 4) is 11.5 Å². The molecule has 0 saturated carbocycles. The van der Waals surface area contributed by atoms with Gasteiger partial charge in [0.2, 0.25) is 0 Å². The van der Waals surface area contributed by atoms with Crippen molar-refractivity contribution in [2.75, 3.05) is 27.3 Å². The van der Waals surface area contributed by atoms with Crippen molar-refractivity contribution in [1.82, 2.24) is 5.32 Å². The van der Waals surface area contributed by atoms with Gasteiger partial charge in [-0.1, -0.05) is 24.3 Å². The minimum absolute atomic E-state index is 0.476. The third-order valence-electron chi connectivity index (χ3n) is 5.14. The molecule has 25 heavy (non-hydrogen) atoms. The van der Waals surface area contributed by atoms with Gasteiger partial charge < -0.3 is 19.9 Å². The predicted octanol–water partition coefficient (Wildman–Crippen LogP) is 3.33. The monoisotopic (exact) mass is 341 g/mol. The summed E-state index contributed by atoms with van der Waals surface area (Å²) < 4.78 is 10.7. The first-order chi connectivity index (χ1) is 12.2. The molecule has 0 atom stereocenters. The summed E-state index contributed by atoms with van der Waals surface area (Å²) in [6, 6.07) is 15.5. The number of hydrogen-bond acceptors (Lipinski definition) is 4.